The molecule has 6 nitrogen and oxygen atoms in total. The average Bonchev–Trinajstić information content (AvgIpc) is 2.81. The minimum atomic E-state index is -4.20. The van der Waals surface area contributed by atoms with Crippen LogP contribution in [-0.2, 0) is 14.6 Å². The van der Waals surface area contributed by atoms with Crippen LogP contribution in [0.1, 0.15) is 43.4 Å². The van der Waals surface area contributed by atoms with Gasteiger partial charge in [0.1, 0.15) is 17.7 Å². The minimum absolute atomic E-state index is 0.0788. The van der Waals surface area contributed by atoms with E-state index in [0.717, 1.165) is 25.0 Å². The highest BCUT2D eigenvalue weighted by Crippen LogP contribution is 2.43. The summed E-state index contributed by atoms with van der Waals surface area (Å²) < 4.78 is 67.9. The lowest BCUT2D eigenvalue weighted by molar-refractivity contribution is 0.117. The predicted octanol–water partition coefficient (Wildman–Crippen LogP) is 4.97. The van der Waals surface area contributed by atoms with E-state index in [1.807, 2.05) is 6.92 Å². The second kappa shape index (κ2) is 11.9. The number of hydrogen-bond acceptors (Lipinski definition) is 6. The number of halogens is 3. The topological polar surface area (TPSA) is 88.4 Å². The highest BCUT2D eigenvalue weighted by Gasteiger charge is 2.44. The van der Waals surface area contributed by atoms with Crippen molar-refractivity contribution in [2.24, 2.45) is 0 Å². The number of nitriles is 1. The quantitative estimate of drug-likeness (QED) is 0.427. The van der Waals surface area contributed by atoms with Crippen LogP contribution in [0.15, 0.2) is 41.3 Å². The molecular formula is C24H27ClF2N2O4S. The van der Waals surface area contributed by atoms with Crippen molar-refractivity contribution in [2.75, 3.05) is 19.8 Å². The zero-order valence-electron chi connectivity index (χ0n) is 18.8. The maximum absolute atomic E-state index is 15.0. The molecular weight excluding hydrogens is 486 g/mol. The second-order valence-corrected chi connectivity index (χ2v) is 10.6. The van der Waals surface area contributed by atoms with Crippen LogP contribution in [-0.4, -0.2) is 40.3 Å². The summed E-state index contributed by atoms with van der Waals surface area (Å²) in [5.74, 6) is -2.14. The molecule has 0 aliphatic carbocycles. The average molecular weight is 513 g/mol. The molecule has 1 N–H and O–H groups in total. The van der Waals surface area contributed by atoms with Crippen molar-refractivity contribution in [1.82, 2.24) is 5.32 Å². The number of nitrogens with one attached hydrogen (secondary N) is 1. The zero-order chi connectivity index (χ0) is 24.7. The fourth-order valence-electron chi connectivity index (χ4n) is 3.93. The van der Waals surface area contributed by atoms with Crippen molar-refractivity contribution in [3.8, 4) is 11.8 Å². The van der Waals surface area contributed by atoms with Gasteiger partial charge in [-0.3, -0.25) is 0 Å². The summed E-state index contributed by atoms with van der Waals surface area (Å²) in [5.41, 5.74) is -0.367. The Morgan fingerprint density at radius 2 is 1.91 bits per heavy atom. The zero-order valence-corrected chi connectivity index (χ0v) is 20.3. The van der Waals surface area contributed by atoms with Gasteiger partial charge in [-0.05, 0) is 49.2 Å². The molecule has 1 aliphatic heterocycles. The SMILES string of the molecule is CCCCOCC[C@@H](CC#N)NC1COc2c(F)ccc(F)c2C1S(=O)(=O)c1ccc(Cl)cc1. The number of sulfone groups is 1. The Hall–Kier alpha value is -2.25. The number of nitrogens with zero attached hydrogens (tertiary/aromatic N) is 1. The molecule has 3 atom stereocenters. The predicted molar refractivity (Wildman–Crippen MR) is 125 cm³/mol. The molecule has 3 rings (SSSR count). The molecule has 0 spiro atoms. The van der Waals surface area contributed by atoms with Crippen LogP contribution < -0.4 is 10.1 Å². The Labute approximate surface area is 203 Å². The Morgan fingerprint density at radius 1 is 1.21 bits per heavy atom. The first kappa shape index (κ1) is 26.4. The molecule has 0 amide bonds. The lowest BCUT2D eigenvalue weighted by Gasteiger charge is -2.36. The largest absolute Gasteiger partial charge is 0.488 e. The Morgan fingerprint density at radius 3 is 2.59 bits per heavy atom. The van der Waals surface area contributed by atoms with Crippen molar-refractivity contribution in [1.29, 1.82) is 5.26 Å². The number of fused-ring (bicyclic) bond motifs is 1. The maximum Gasteiger partial charge on any atom is 0.187 e. The van der Waals surface area contributed by atoms with Crippen molar-refractivity contribution in [3.05, 3.63) is 58.6 Å². The lowest BCUT2D eigenvalue weighted by atomic mass is 9.99. The van der Waals surface area contributed by atoms with Crippen LogP contribution in [0.5, 0.6) is 5.75 Å². The Bertz CT molecular complexity index is 1120. The summed E-state index contributed by atoms with van der Waals surface area (Å²) >= 11 is 5.91. The smallest absolute Gasteiger partial charge is 0.187 e. The van der Waals surface area contributed by atoms with E-state index in [1.54, 1.807) is 0 Å². The normalized spacial score (nSPS) is 18.6. The fraction of sp³-hybridized carbons (Fsp3) is 0.458. The molecule has 34 heavy (non-hydrogen) atoms. The molecule has 184 valence electrons. The number of unbranched alkanes of at least 4 members (excludes halogenated alkanes) is 1. The van der Waals surface area contributed by atoms with Gasteiger partial charge < -0.3 is 14.8 Å². The Kier molecular flexibility index (Phi) is 9.25. The first-order chi connectivity index (χ1) is 16.3. The highest BCUT2D eigenvalue weighted by molar-refractivity contribution is 7.91. The number of rotatable bonds is 11. The van der Waals surface area contributed by atoms with Crippen molar-refractivity contribution in [2.45, 2.75) is 54.8 Å². The monoisotopic (exact) mass is 512 g/mol. The van der Waals surface area contributed by atoms with E-state index >= 15 is 0 Å². The molecule has 1 aliphatic rings. The number of benzene rings is 2. The third kappa shape index (κ3) is 6.05. The van der Waals surface area contributed by atoms with Gasteiger partial charge in [0.15, 0.2) is 21.4 Å². The third-order valence-electron chi connectivity index (χ3n) is 5.67. The highest BCUT2D eigenvalue weighted by atomic mass is 35.5. The van der Waals surface area contributed by atoms with Gasteiger partial charge in [-0.15, -0.1) is 0 Å². The number of hydrogen-bond donors (Lipinski definition) is 1. The molecule has 2 aromatic rings. The number of ether oxygens (including phenoxy) is 2. The van der Waals surface area contributed by atoms with Gasteiger partial charge in [0, 0.05) is 24.3 Å². The van der Waals surface area contributed by atoms with Crippen LogP contribution in [0.2, 0.25) is 5.02 Å². The molecule has 0 saturated carbocycles. The molecule has 2 unspecified atom stereocenters. The van der Waals surface area contributed by atoms with Gasteiger partial charge in [-0.25, -0.2) is 17.2 Å². The van der Waals surface area contributed by atoms with Crippen molar-refractivity contribution in [3.63, 3.8) is 0 Å². The molecule has 0 aromatic heterocycles. The van der Waals surface area contributed by atoms with Gasteiger partial charge in [-0.1, -0.05) is 24.9 Å². The van der Waals surface area contributed by atoms with E-state index in [0.29, 0.717) is 24.7 Å². The third-order valence-corrected chi connectivity index (χ3v) is 8.08. The van der Waals surface area contributed by atoms with Gasteiger partial charge in [0.2, 0.25) is 0 Å². The van der Waals surface area contributed by atoms with Gasteiger partial charge in [-0.2, -0.15) is 5.26 Å². The van der Waals surface area contributed by atoms with Gasteiger partial charge in [0.25, 0.3) is 0 Å². The second-order valence-electron chi connectivity index (χ2n) is 8.09. The molecule has 0 bridgehead atoms. The standard InChI is InChI=1S/C24H27ClF2N2O4S/c1-2-3-13-32-14-11-17(10-12-28)29-21-15-33-23-20(27)9-8-19(26)22(23)24(21)34(30,31)18-6-4-16(25)5-7-18/h4-9,17,21,24,29H,2-3,10-11,13-15H2,1H3/t17-,21?,24?/m1/s1. The minimum Gasteiger partial charge on any atom is -0.488 e. The maximum atomic E-state index is 15.0. The summed E-state index contributed by atoms with van der Waals surface area (Å²) in [6, 6.07) is 8.01. The summed E-state index contributed by atoms with van der Waals surface area (Å²) in [7, 11) is -4.20. The first-order valence-electron chi connectivity index (χ1n) is 11.1. The summed E-state index contributed by atoms with van der Waals surface area (Å²) in [4.78, 5) is -0.0788. The molecule has 10 heteroatoms. The Balaban J connectivity index is 1.96. The fourth-order valence-corrected chi connectivity index (χ4v) is 5.99. The molecule has 0 saturated heterocycles. The van der Waals surface area contributed by atoms with E-state index in [9.17, 15) is 22.5 Å². The van der Waals surface area contributed by atoms with Crippen LogP contribution in [0.4, 0.5) is 8.78 Å². The van der Waals surface area contributed by atoms with Crippen LogP contribution >= 0.6 is 11.6 Å². The summed E-state index contributed by atoms with van der Waals surface area (Å²) in [6.07, 6.45) is 2.43. The van der Waals surface area contributed by atoms with E-state index in [1.165, 1.54) is 24.3 Å². The molecule has 1 heterocycles. The van der Waals surface area contributed by atoms with Crippen LogP contribution in [0.3, 0.4) is 0 Å². The van der Waals surface area contributed by atoms with E-state index < -0.39 is 44.6 Å². The van der Waals surface area contributed by atoms with Crippen LogP contribution in [0.25, 0.3) is 0 Å². The molecule has 2 aromatic carbocycles. The summed E-state index contributed by atoms with van der Waals surface area (Å²) in [6.45, 7) is 2.80. The molecule has 0 radical (unpaired) electrons. The first-order valence-corrected chi connectivity index (χ1v) is 13.0. The van der Waals surface area contributed by atoms with E-state index in [-0.39, 0.29) is 23.5 Å². The van der Waals surface area contributed by atoms with Gasteiger partial charge in [0.05, 0.1) is 29.0 Å². The summed E-state index contributed by atoms with van der Waals surface area (Å²) in [5, 5.41) is 11.3. The lowest BCUT2D eigenvalue weighted by Crippen LogP contribution is -2.50. The van der Waals surface area contributed by atoms with Gasteiger partial charge >= 0.3 is 0 Å². The molecule has 0 fully saturated rings. The van der Waals surface area contributed by atoms with Crippen molar-refractivity contribution < 1.29 is 26.7 Å². The van der Waals surface area contributed by atoms with Crippen LogP contribution in [0, 0.1) is 23.0 Å². The van der Waals surface area contributed by atoms with E-state index in [2.05, 4.69) is 11.4 Å². The van der Waals surface area contributed by atoms with E-state index in [4.69, 9.17) is 21.1 Å². The van der Waals surface area contributed by atoms with Crippen molar-refractivity contribution >= 4 is 21.4 Å².